The Morgan fingerprint density at radius 1 is 1.44 bits per heavy atom. The van der Waals surface area contributed by atoms with Gasteiger partial charge in [-0.15, -0.1) is 0 Å². The molecule has 1 saturated heterocycles. The maximum absolute atomic E-state index is 13.1. The van der Waals surface area contributed by atoms with Gasteiger partial charge < -0.3 is 0 Å². The molecule has 0 aliphatic carbocycles. The average Bonchev–Trinajstić information content (AvgIpc) is 2.32. The minimum atomic E-state index is -3.58. The Balaban J connectivity index is 2.27. The summed E-state index contributed by atoms with van der Waals surface area (Å²) in [5.74, 6) is -0.0826. The van der Waals surface area contributed by atoms with Crippen LogP contribution < -0.4 is 0 Å². The number of sulfonamides is 1. The molecule has 1 aromatic rings. The monoisotopic (exact) mass is 335 g/mol. The fourth-order valence-corrected chi connectivity index (χ4v) is 4.31. The van der Waals surface area contributed by atoms with Crippen molar-refractivity contribution in [2.75, 3.05) is 13.1 Å². The highest BCUT2D eigenvalue weighted by Gasteiger charge is 2.32. The van der Waals surface area contributed by atoms with Crippen LogP contribution in [0.1, 0.15) is 13.3 Å². The van der Waals surface area contributed by atoms with Crippen LogP contribution in [-0.2, 0) is 10.0 Å². The molecule has 1 heterocycles. The summed E-state index contributed by atoms with van der Waals surface area (Å²) in [6, 6.07) is 5.15. The lowest BCUT2D eigenvalue weighted by Crippen LogP contribution is -2.43. The molecule has 100 valence electrons. The molecule has 1 fully saturated rings. The maximum Gasteiger partial charge on any atom is 0.243 e. The molecule has 0 radical (unpaired) electrons. The zero-order valence-electron chi connectivity index (χ0n) is 10.0. The predicted molar refractivity (Wildman–Crippen MR) is 71.7 cm³/mol. The van der Waals surface area contributed by atoms with Gasteiger partial charge in [0, 0.05) is 17.9 Å². The van der Waals surface area contributed by atoms with E-state index in [2.05, 4.69) is 22.9 Å². The van der Waals surface area contributed by atoms with Crippen molar-refractivity contribution in [3.8, 4) is 0 Å². The summed E-state index contributed by atoms with van der Waals surface area (Å²) >= 11 is 3.49. The van der Waals surface area contributed by atoms with Crippen molar-refractivity contribution in [3.63, 3.8) is 0 Å². The molecule has 0 amide bonds. The summed E-state index contributed by atoms with van der Waals surface area (Å²) in [5.41, 5.74) is 0. The highest BCUT2D eigenvalue weighted by atomic mass is 79.9. The smallest absolute Gasteiger partial charge is 0.207 e. The number of benzene rings is 1. The molecule has 2 rings (SSSR count). The molecule has 3 nitrogen and oxygen atoms in total. The Hall–Kier alpha value is -0.460. The molecule has 0 spiro atoms. The van der Waals surface area contributed by atoms with Gasteiger partial charge in [0.05, 0.1) is 4.90 Å². The third-order valence-corrected chi connectivity index (χ3v) is 6.32. The van der Waals surface area contributed by atoms with Crippen LogP contribution >= 0.6 is 15.9 Å². The van der Waals surface area contributed by atoms with Crippen molar-refractivity contribution >= 4 is 26.0 Å². The van der Waals surface area contributed by atoms with E-state index < -0.39 is 15.8 Å². The van der Waals surface area contributed by atoms with Crippen LogP contribution in [0.5, 0.6) is 0 Å². The minimum absolute atomic E-state index is 0.0248. The average molecular weight is 336 g/mol. The second kappa shape index (κ2) is 5.27. The summed E-state index contributed by atoms with van der Waals surface area (Å²) < 4.78 is 39.2. The van der Waals surface area contributed by atoms with E-state index in [4.69, 9.17) is 0 Å². The third-order valence-electron chi connectivity index (χ3n) is 3.26. The van der Waals surface area contributed by atoms with E-state index in [1.807, 2.05) is 0 Å². The molecule has 2 atom stereocenters. The lowest BCUT2D eigenvalue weighted by atomic mass is 10.0. The Bertz CT molecular complexity index is 535. The number of hydrogen-bond donors (Lipinski definition) is 0. The summed E-state index contributed by atoms with van der Waals surface area (Å²) in [6.45, 7) is 3.01. The lowest BCUT2D eigenvalue weighted by molar-refractivity contribution is 0.300. The number of rotatable bonds is 2. The summed E-state index contributed by atoms with van der Waals surface area (Å²) in [4.78, 5) is 0.173. The number of nitrogens with zero attached hydrogens (tertiary/aromatic N) is 1. The lowest BCUT2D eigenvalue weighted by Gasteiger charge is -2.33. The number of alkyl halides is 1. The number of piperidine rings is 1. The van der Waals surface area contributed by atoms with Crippen LogP contribution in [0.2, 0.25) is 0 Å². The first-order valence-electron chi connectivity index (χ1n) is 5.81. The van der Waals surface area contributed by atoms with E-state index in [0.717, 1.165) is 12.5 Å². The van der Waals surface area contributed by atoms with Gasteiger partial charge in [0.15, 0.2) is 0 Å². The molecule has 0 saturated carbocycles. The Morgan fingerprint density at radius 3 is 2.78 bits per heavy atom. The maximum atomic E-state index is 13.1. The van der Waals surface area contributed by atoms with Crippen molar-refractivity contribution < 1.29 is 12.8 Å². The van der Waals surface area contributed by atoms with Gasteiger partial charge in [0.2, 0.25) is 10.0 Å². The van der Waals surface area contributed by atoms with Gasteiger partial charge in [-0.3, -0.25) is 0 Å². The van der Waals surface area contributed by atoms with Crippen molar-refractivity contribution in [1.29, 1.82) is 0 Å². The second-order valence-electron chi connectivity index (χ2n) is 4.60. The highest BCUT2D eigenvalue weighted by molar-refractivity contribution is 9.09. The van der Waals surface area contributed by atoms with Crippen molar-refractivity contribution in [3.05, 3.63) is 30.1 Å². The predicted octanol–water partition coefficient (Wildman–Crippen LogP) is 2.62. The van der Waals surface area contributed by atoms with Crippen molar-refractivity contribution in [2.24, 2.45) is 5.92 Å². The molecule has 0 bridgehead atoms. The minimum Gasteiger partial charge on any atom is -0.207 e. The fourth-order valence-electron chi connectivity index (χ4n) is 1.99. The second-order valence-corrected chi connectivity index (χ2v) is 7.72. The standard InChI is InChI=1S/C12H15BrFNO2S/c1-9-5-6-15(8-12(9)13)18(16,17)11-4-2-3-10(14)7-11/h2-4,7,9,12H,5-6,8H2,1H3. The molecule has 0 aromatic heterocycles. The molecule has 1 aliphatic rings. The van der Waals surface area contributed by atoms with Crippen LogP contribution in [0.3, 0.4) is 0 Å². The van der Waals surface area contributed by atoms with E-state index in [1.54, 1.807) is 0 Å². The van der Waals surface area contributed by atoms with Crippen molar-refractivity contribution in [1.82, 2.24) is 4.31 Å². The number of halogens is 2. The van der Waals surface area contributed by atoms with Crippen LogP contribution in [0.4, 0.5) is 4.39 Å². The highest BCUT2D eigenvalue weighted by Crippen LogP contribution is 2.27. The molecular weight excluding hydrogens is 321 g/mol. The zero-order chi connectivity index (χ0) is 13.3. The molecular formula is C12H15BrFNO2S. The van der Waals surface area contributed by atoms with Gasteiger partial charge in [0.1, 0.15) is 5.82 Å². The quantitative estimate of drug-likeness (QED) is 0.779. The van der Waals surface area contributed by atoms with Gasteiger partial charge in [-0.1, -0.05) is 28.9 Å². The van der Waals surface area contributed by atoms with Crippen LogP contribution in [-0.4, -0.2) is 30.6 Å². The van der Waals surface area contributed by atoms with E-state index in [1.165, 1.54) is 22.5 Å². The Kier molecular flexibility index (Phi) is 4.08. The fraction of sp³-hybridized carbons (Fsp3) is 0.500. The van der Waals surface area contributed by atoms with Gasteiger partial charge in [-0.05, 0) is 30.5 Å². The van der Waals surface area contributed by atoms with E-state index in [9.17, 15) is 12.8 Å². The Labute approximate surface area is 115 Å². The van der Waals surface area contributed by atoms with E-state index >= 15 is 0 Å². The summed E-state index contributed by atoms with van der Waals surface area (Å²) in [5, 5.41) is 0. The molecule has 1 aliphatic heterocycles. The van der Waals surface area contributed by atoms with Gasteiger partial charge in [-0.25, -0.2) is 12.8 Å². The third kappa shape index (κ3) is 2.75. The first-order valence-corrected chi connectivity index (χ1v) is 8.16. The molecule has 1 aromatic carbocycles. The SMILES string of the molecule is CC1CCN(S(=O)(=O)c2cccc(F)c2)CC1Br. The van der Waals surface area contributed by atoms with Crippen LogP contribution in [0, 0.1) is 11.7 Å². The van der Waals surface area contributed by atoms with E-state index in [0.29, 0.717) is 19.0 Å². The first kappa shape index (κ1) is 14.0. The number of hydrogen-bond acceptors (Lipinski definition) is 2. The Morgan fingerprint density at radius 2 is 2.17 bits per heavy atom. The van der Waals surface area contributed by atoms with Crippen LogP contribution in [0.25, 0.3) is 0 Å². The van der Waals surface area contributed by atoms with Gasteiger partial charge >= 0.3 is 0 Å². The summed E-state index contributed by atoms with van der Waals surface area (Å²) in [6.07, 6.45) is 0.810. The van der Waals surface area contributed by atoms with Gasteiger partial charge in [0.25, 0.3) is 0 Å². The first-order chi connectivity index (χ1) is 8.41. The molecule has 18 heavy (non-hydrogen) atoms. The van der Waals surface area contributed by atoms with E-state index in [-0.39, 0.29) is 9.72 Å². The molecule has 6 heteroatoms. The molecule has 2 unspecified atom stereocenters. The van der Waals surface area contributed by atoms with Crippen molar-refractivity contribution in [2.45, 2.75) is 23.1 Å². The topological polar surface area (TPSA) is 37.4 Å². The molecule has 0 N–H and O–H groups in total. The summed E-state index contributed by atoms with van der Waals surface area (Å²) in [7, 11) is -3.58. The zero-order valence-corrected chi connectivity index (χ0v) is 12.4. The largest absolute Gasteiger partial charge is 0.243 e. The van der Waals surface area contributed by atoms with Crippen LogP contribution in [0.15, 0.2) is 29.2 Å². The van der Waals surface area contributed by atoms with Gasteiger partial charge in [-0.2, -0.15) is 4.31 Å². The normalized spacial score (nSPS) is 26.2.